The molecule has 2 aromatic rings. The summed E-state index contributed by atoms with van der Waals surface area (Å²) >= 11 is 0. The van der Waals surface area contributed by atoms with Gasteiger partial charge in [-0.25, -0.2) is 9.37 Å². The molecule has 0 bridgehead atoms. The SMILES string of the molecule is CNC(=O)C1CN(Cc2cnc(Oc3ccc(C)cc3F)cn2)CCO1. The number of carbonyl (C=O) groups is 1. The number of halogens is 1. The van der Waals surface area contributed by atoms with Gasteiger partial charge < -0.3 is 14.8 Å². The van der Waals surface area contributed by atoms with E-state index in [9.17, 15) is 9.18 Å². The number of carbonyl (C=O) groups excluding carboxylic acids is 1. The van der Waals surface area contributed by atoms with Crippen LogP contribution in [0.1, 0.15) is 11.3 Å². The highest BCUT2D eigenvalue weighted by molar-refractivity contribution is 5.80. The van der Waals surface area contributed by atoms with Crippen molar-refractivity contribution in [3.8, 4) is 11.6 Å². The molecule has 1 aromatic heterocycles. The van der Waals surface area contributed by atoms with Crippen LogP contribution in [0, 0.1) is 12.7 Å². The summed E-state index contributed by atoms with van der Waals surface area (Å²) in [7, 11) is 1.59. The zero-order valence-electron chi connectivity index (χ0n) is 14.7. The predicted molar refractivity (Wildman–Crippen MR) is 92.3 cm³/mol. The summed E-state index contributed by atoms with van der Waals surface area (Å²) in [5, 5.41) is 2.59. The molecule has 26 heavy (non-hydrogen) atoms. The molecule has 3 rings (SSSR count). The molecule has 1 N–H and O–H groups in total. The van der Waals surface area contributed by atoms with Gasteiger partial charge in [0.05, 0.1) is 24.7 Å². The second-order valence-corrected chi connectivity index (χ2v) is 6.09. The van der Waals surface area contributed by atoms with Gasteiger partial charge in [0, 0.05) is 26.7 Å². The fourth-order valence-corrected chi connectivity index (χ4v) is 2.67. The van der Waals surface area contributed by atoms with Gasteiger partial charge in [-0.3, -0.25) is 14.7 Å². The van der Waals surface area contributed by atoms with Gasteiger partial charge in [0.1, 0.15) is 6.10 Å². The van der Waals surface area contributed by atoms with Crippen LogP contribution in [0.3, 0.4) is 0 Å². The topological polar surface area (TPSA) is 76.6 Å². The Labute approximate surface area is 151 Å². The van der Waals surface area contributed by atoms with Crippen LogP contribution in [0.4, 0.5) is 4.39 Å². The van der Waals surface area contributed by atoms with Crippen LogP contribution >= 0.6 is 0 Å². The molecule has 7 nitrogen and oxygen atoms in total. The third-order valence-electron chi connectivity index (χ3n) is 4.06. The number of nitrogens with zero attached hydrogens (tertiary/aromatic N) is 3. The van der Waals surface area contributed by atoms with E-state index in [1.807, 2.05) is 6.92 Å². The Morgan fingerprint density at radius 1 is 1.42 bits per heavy atom. The molecule has 8 heteroatoms. The Balaban J connectivity index is 1.60. The maximum atomic E-state index is 13.8. The van der Waals surface area contributed by atoms with Crippen LogP contribution in [0.2, 0.25) is 0 Å². The number of morpholine rings is 1. The van der Waals surface area contributed by atoms with Gasteiger partial charge in [-0.15, -0.1) is 0 Å². The molecule has 1 fully saturated rings. The third-order valence-corrected chi connectivity index (χ3v) is 4.06. The number of aromatic nitrogens is 2. The van der Waals surface area contributed by atoms with Crippen LogP contribution in [-0.2, 0) is 16.1 Å². The fourth-order valence-electron chi connectivity index (χ4n) is 2.67. The predicted octanol–water partition coefficient (Wildman–Crippen LogP) is 1.66. The summed E-state index contributed by atoms with van der Waals surface area (Å²) < 4.78 is 24.7. The molecule has 2 heterocycles. The quantitative estimate of drug-likeness (QED) is 0.874. The molecule has 0 saturated carbocycles. The smallest absolute Gasteiger partial charge is 0.250 e. The van der Waals surface area contributed by atoms with E-state index in [0.717, 1.165) is 11.3 Å². The largest absolute Gasteiger partial charge is 0.434 e. The van der Waals surface area contributed by atoms with Crippen molar-refractivity contribution in [1.82, 2.24) is 20.2 Å². The highest BCUT2D eigenvalue weighted by Gasteiger charge is 2.26. The van der Waals surface area contributed by atoms with E-state index in [1.165, 1.54) is 12.3 Å². The maximum Gasteiger partial charge on any atom is 0.250 e. The second-order valence-electron chi connectivity index (χ2n) is 6.09. The molecule has 1 amide bonds. The second kappa shape index (κ2) is 8.20. The third kappa shape index (κ3) is 4.53. The first kappa shape index (κ1) is 18.2. The average Bonchev–Trinajstić information content (AvgIpc) is 2.65. The van der Waals surface area contributed by atoms with Gasteiger partial charge in [-0.1, -0.05) is 6.07 Å². The molecule has 0 radical (unpaired) electrons. The number of benzene rings is 1. The van der Waals surface area contributed by atoms with Crippen molar-refractivity contribution >= 4 is 5.91 Å². The lowest BCUT2D eigenvalue weighted by Gasteiger charge is -2.31. The minimum absolute atomic E-state index is 0.110. The van der Waals surface area contributed by atoms with Crippen molar-refractivity contribution in [2.45, 2.75) is 19.6 Å². The van der Waals surface area contributed by atoms with E-state index in [4.69, 9.17) is 9.47 Å². The van der Waals surface area contributed by atoms with E-state index in [-0.39, 0.29) is 17.5 Å². The Morgan fingerprint density at radius 2 is 2.27 bits per heavy atom. The summed E-state index contributed by atoms with van der Waals surface area (Å²) in [5.74, 6) is -0.241. The normalized spacial score (nSPS) is 17.7. The Bertz CT molecular complexity index is 770. The number of amides is 1. The van der Waals surface area contributed by atoms with Crippen molar-refractivity contribution in [3.63, 3.8) is 0 Å². The molecular formula is C18H21FN4O3. The van der Waals surface area contributed by atoms with Crippen molar-refractivity contribution in [3.05, 3.63) is 47.7 Å². The zero-order valence-corrected chi connectivity index (χ0v) is 14.7. The molecule has 138 valence electrons. The van der Waals surface area contributed by atoms with Crippen LogP contribution in [0.25, 0.3) is 0 Å². The number of ether oxygens (including phenoxy) is 2. The number of aryl methyl sites for hydroxylation is 1. The van der Waals surface area contributed by atoms with Crippen molar-refractivity contribution in [2.24, 2.45) is 0 Å². The Morgan fingerprint density at radius 3 is 2.96 bits per heavy atom. The number of likely N-dealkylation sites (N-methyl/N-ethyl adjacent to an activating group) is 1. The fraction of sp³-hybridized carbons (Fsp3) is 0.389. The molecule has 0 spiro atoms. The molecule has 0 aliphatic carbocycles. The monoisotopic (exact) mass is 360 g/mol. The lowest BCUT2D eigenvalue weighted by molar-refractivity contribution is -0.138. The minimum Gasteiger partial charge on any atom is -0.434 e. The first-order valence-electron chi connectivity index (χ1n) is 8.35. The van der Waals surface area contributed by atoms with Gasteiger partial charge >= 0.3 is 0 Å². The van der Waals surface area contributed by atoms with E-state index >= 15 is 0 Å². The average molecular weight is 360 g/mol. The first-order valence-corrected chi connectivity index (χ1v) is 8.35. The van der Waals surface area contributed by atoms with Crippen LogP contribution in [-0.4, -0.2) is 53.6 Å². The van der Waals surface area contributed by atoms with Gasteiger partial charge in [0.25, 0.3) is 0 Å². The summed E-state index contributed by atoms with van der Waals surface area (Å²) in [6, 6.07) is 4.73. The number of nitrogens with one attached hydrogen (secondary N) is 1. The molecule has 1 aliphatic rings. The van der Waals surface area contributed by atoms with Gasteiger partial charge in [-0.2, -0.15) is 0 Å². The number of hydrogen-bond acceptors (Lipinski definition) is 6. The molecule has 1 atom stereocenters. The molecule has 1 saturated heterocycles. The lowest BCUT2D eigenvalue weighted by atomic mass is 10.2. The van der Waals surface area contributed by atoms with Crippen molar-refractivity contribution < 1.29 is 18.7 Å². The zero-order chi connectivity index (χ0) is 18.5. The van der Waals surface area contributed by atoms with Crippen molar-refractivity contribution in [1.29, 1.82) is 0 Å². The van der Waals surface area contributed by atoms with E-state index in [1.54, 1.807) is 25.4 Å². The molecule has 1 aliphatic heterocycles. The summed E-state index contributed by atoms with van der Waals surface area (Å²) in [4.78, 5) is 22.3. The molecule has 1 unspecified atom stereocenters. The van der Waals surface area contributed by atoms with Gasteiger partial charge in [0.15, 0.2) is 11.6 Å². The minimum atomic E-state index is -0.478. The van der Waals surface area contributed by atoms with Crippen LogP contribution < -0.4 is 10.1 Å². The standard InChI is InChI=1S/C18H21FN4O3/c1-12-3-4-15(14(19)7-12)26-17-9-21-13(8-22-17)10-23-5-6-25-16(11-23)18(24)20-2/h3-4,7-9,16H,5-6,10-11H2,1-2H3,(H,20,24). The maximum absolute atomic E-state index is 13.8. The van der Waals surface area contributed by atoms with Gasteiger partial charge in [0.2, 0.25) is 11.8 Å². The van der Waals surface area contributed by atoms with E-state index in [2.05, 4.69) is 20.2 Å². The highest BCUT2D eigenvalue weighted by Crippen LogP contribution is 2.23. The molecular weight excluding hydrogens is 339 g/mol. The lowest BCUT2D eigenvalue weighted by Crippen LogP contribution is -2.48. The Kier molecular flexibility index (Phi) is 5.75. The van der Waals surface area contributed by atoms with Crippen LogP contribution in [0.15, 0.2) is 30.6 Å². The van der Waals surface area contributed by atoms with E-state index < -0.39 is 11.9 Å². The van der Waals surface area contributed by atoms with Crippen molar-refractivity contribution in [2.75, 3.05) is 26.7 Å². The Hall–Kier alpha value is -2.58. The highest BCUT2D eigenvalue weighted by atomic mass is 19.1. The summed E-state index contributed by atoms with van der Waals surface area (Å²) in [6.07, 6.45) is 2.57. The summed E-state index contributed by atoms with van der Waals surface area (Å²) in [5.41, 5.74) is 1.55. The molecule has 1 aromatic carbocycles. The van der Waals surface area contributed by atoms with E-state index in [0.29, 0.717) is 26.2 Å². The first-order chi connectivity index (χ1) is 12.5. The van der Waals surface area contributed by atoms with Gasteiger partial charge in [-0.05, 0) is 24.6 Å². The summed E-state index contributed by atoms with van der Waals surface area (Å²) in [6.45, 7) is 4.04. The number of hydrogen-bond donors (Lipinski definition) is 1. The number of rotatable bonds is 5. The van der Waals surface area contributed by atoms with Crippen LogP contribution in [0.5, 0.6) is 11.6 Å².